The van der Waals surface area contributed by atoms with Crippen LogP contribution < -0.4 is 11.1 Å². The number of aromatic nitrogens is 6. The second-order valence-corrected chi connectivity index (χ2v) is 13.9. The topological polar surface area (TPSA) is 247 Å². The van der Waals surface area contributed by atoms with Crippen molar-refractivity contribution in [1.82, 2.24) is 49.6 Å². The quantitative estimate of drug-likeness (QED) is 0.0527. The summed E-state index contributed by atoms with van der Waals surface area (Å²) in [5, 5.41) is 37.4. The zero-order chi connectivity index (χ0) is 32.8. The lowest BCUT2D eigenvalue weighted by Gasteiger charge is -2.53. The molecule has 46 heavy (non-hydrogen) atoms. The number of tetrazole rings is 1. The summed E-state index contributed by atoms with van der Waals surface area (Å²) in [6.07, 6.45) is 0.501. The van der Waals surface area contributed by atoms with Gasteiger partial charge >= 0.3 is 11.9 Å². The summed E-state index contributed by atoms with van der Waals surface area (Å²) >= 11 is 3.32. The number of piperazine rings is 1. The summed E-state index contributed by atoms with van der Waals surface area (Å²) in [5.74, 6) is -3.24. The molecule has 2 unspecified atom stereocenters. The number of nitrogens with one attached hydrogen (secondary N) is 1. The second kappa shape index (κ2) is 14.9. The first-order valence-electron chi connectivity index (χ1n) is 14.3. The minimum absolute atomic E-state index is 0.0490. The number of carbonyl (C=O) groups excluding carboxylic acids is 2. The molecule has 5 N–H and O–H groups in total. The average molecular weight is 699 g/mol. The Morgan fingerprint density at radius 2 is 2.00 bits per heavy atom. The monoisotopic (exact) mass is 698 g/mol. The molecule has 2 aromatic rings. The van der Waals surface area contributed by atoms with Crippen LogP contribution in [0.3, 0.4) is 0 Å². The van der Waals surface area contributed by atoms with Gasteiger partial charge in [0.05, 0.1) is 6.42 Å². The number of hydrogen-bond acceptors (Lipinski definition) is 17. The second-order valence-electron chi connectivity index (χ2n) is 11.0. The van der Waals surface area contributed by atoms with Crippen LogP contribution in [0.1, 0.15) is 18.7 Å². The molecule has 3 fully saturated rings. The fourth-order valence-electron chi connectivity index (χ4n) is 5.03. The Hall–Kier alpha value is -3.60. The van der Waals surface area contributed by atoms with E-state index < -0.39 is 40.6 Å². The molecule has 3 saturated heterocycles. The van der Waals surface area contributed by atoms with Crippen molar-refractivity contribution in [1.29, 1.82) is 0 Å². The minimum Gasteiger partial charge on any atom is -0.481 e. The molecule has 0 radical (unpaired) electrons. The number of β-lactam (4-membered cyclic amide) rings is 1. The van der Waals surface area contributed by atoms with E-state index in [1.807, 2.05) is 0 Å². The molecular weight excluding hydrogens is 665 g/mol. The van der Waals surface area contributed by atoms with Gasteiger partial charge in [-0.05, 0) is 23.9 Å². The van der Waals surface area contributed by atoms with Crippen molar-refractivity contribution in [3.8, 4) is 0 Å². The molecule has 2 aromatic heterocycles. The van der Waals surface area contributed by atoms with Gasteiger partial charge in [0.2, 0.25) is 22.6 Å². The van der Waals surface area contributed by atoms with Crippen molar-refractivity contribution in [2.45, 2.75) is 36.0 Å². The number of thioether (sulfide) groups is 2. The fraction of sp³-hybridized carbons (Fsp3) is 0.667. The number of carbonyl (C=O) groups is 4. The maximum absolute atomic E-state index is 13.2. The predicted molar refractivity (Wildman–Crippen MR) is 166 cm³/mol. The van der Waals surface area contributed by atoms with Gasteiger partial charge in [0, 0.05) is 68.9 Å². The van der Waals surface area contributed by atoms with Gasteiger partial charge in [-0.2, -0.15) is 9.36 Å². The number of fused-ring (bicyclic) bond motifs is 1. The standard InChI is InChI=1S/C24H34N12O7S3/c1-33-6-8-34(9-7-33)4-2-5-36-23(28-31-32-36)45-13-24(21(41)42)11-35-19(40)16(20(35)44-12-24)26-18(39)15(17-27-22(25)46-30-17)29-43-10-3-14(37)38/h16,20H,2-13H2,1H3,(H,26,39)(H,37,38)(H,41,42)(H2,25,27,30)/t16?,20-,24?/m1/s1. The Bertz CT molecular complexity index is 1470. The number of carboxylic acid groups (broad SMARTS) is 2. The number of carboxylic acids is 2. The van der Waals surface area contributed by atoms with Gasteiger partial charge in [-0.15, -0.1) is 16.9 Å². The number of oxime groups is 1. The van der Waals surface area contributed by atoms with Crippen molar-refractivity contribution in [2.24, 2.45) is 10.6 Å². The largest absolute Gasteiger partial charge is 0.481 e. The zero-order valence-corrected chi connectivity index (χ0v) is 27.3. The summed E-state index contributed by atoms with van der Waals surface area (Å²) in [6.45, 7) is 5.27. The molecule has 2 amide bonds. The van der Waals surface area contributed by atoms with Crippen LogP contribution in [0.2, 0.25) is 0 Å². The lowest BCUT2D eigenvalue weighted by Crippen LogP contribution is -2.74. The van der Waals surface area contributed by atoms with Gasteiger partial charge in [-0.25, -0.2) is 4.68 Å². The Morgan fingerprint density at radius 1 is 1.22 bits per heavy atom. The molecule has 3 aliphatic heterocycles. The predicted octanol–water partition coefficient (Wildman–Crippen LogP) is -1.80. The Labute approximate surface area is 275 Å². The molecular formula is C24H34N12O7S3. The van der Waals surface area contributed by atoms with E-state index in [2.05, 4.69) is 52.2 Å². The first-order chi connectivity index (χ1) is 22.1. The van der Waals surface area contributed by atoms with Crippen molar-refractivity contribution in [3.05, 3.63) is 5.82 Å². The van der Waals surface area contributed by atoms with E-state index in [0.717, 1.165) is 50.7 Å². The van der Waals surface area contributed by atoms with Crippen LogP contribution in [0.25, 0.3) is 0 Å². The normalized spacial score (nSPS) is 23.9. The average Bonchev–Trinajstić information content (AvgIpc) is 3.67. The third-order valence-corrected chi connectivity index (χ3v) is 11.1. The Balaban J connectivity index is 1.16. The summed E-state index contributed by atoms with van der Waals surface area (Å²) in [6, 6.07) is -0.954. The van der Waals surface area contributed by atoms with E-state index in [4.69, 9.17) is 15.7 Å². The van der Waals surface area contributed by atoms with E-state index in [9.17, 15) is 24.3 Å². The highest BCUT2D eigenvalue weighted by Crippen LogP contribution is 2.44. The van der Waals surface area contributed by atoms with Gasteiger partial charge in [0.15, 0.2) is 5.13 Å². The zero-order valence-electron chi connectivity index (χ0n) is 24.8. The lowest BCUT2D eigenvalue weighted by atomic mass is 9.89. The van der Waals surface area contributed by atoms with Crippen LogP contribution in [0, 0.1) is 5.41 Å². The molecule has 0 aliphatic carbocycles. The SMILES string of the molecule is CN1CCN(CCCn2nnnc2SCC2(C(=O)O)CS[C@@H]3C(NC(=O)C(=NOCCC(=O)O)c4nsc(N)n4)C(=O)N3C2)CC1. The molecule has 22 heteroatoms. The highest BCUT2D eigenvalue weighted by molar-refractivity contribution is 8.00. The molecule has 3 atom stereocenters. The van der Waals surface area contributed by atoms with E-state index in [0.29, 0.717) is 11.7 Å². The number of likely N-dealkylation sites (N-methyl/N-ethyl adjacent to an activating group) is 1. The maximum Gasteiger partial charge on any atom is 0.313 e. The van der Waals surface area contributed by atoms with Gasteiger partial charge in [0.25, 0.3) is 5.91 Å². The molecule has 0 bridgehead atoms. The van der Waals surface area contributed by atoms with Gasteiger partial charge in [0.1, 0.15) is 23.4 Å². The summed E-state index contributed by atoms with van der Waals surface area (Å²) in [7, 11) is 2.11. The van der Waals surface area contributed by atoms with E-state index in [-0.39, 0.29) is 47.7 Å². The van der Waals surface area contributed by atoms with E-state index in [1.165, 1.54) is 28.4 Å². The Morgan fingerprint density at radius 3 is 2.70 bits per heavy atom. The van der Waals surface area contributed by atoms with Crippen LogP contribution in [0.5, 0.6) is 0 Å². The van der Waals surface area contributed by atoms with E-state index in [1.54, 1.807) is 4.68 Å². The first-order valence-corrected chi connectivity index (χ1v) is 17.1. The maximum atomic E-state index is 13.2. The molecule has 250 valence electrons. The number of anilines is 1. The Kier molecular flexibility index (Phi) is 10.9. The fourth-order valence-corrected chi connectivity index (χ4v) is 8.23. The highest BCUT2D eigenvalue weighted by Gasteiger charge is 2.57. The molecule has 0 saturated carbocycles. The van der Waals surface area contributed by atoms with Crippen molar-refractivity contribution in [2.75, 3.05) is 70.2 Å². The number of aliphatic carboxylic acids is 2. The molecule has 19 nitrogen and oxygen atoms in total. The number of nitrogens with two attached hydrogens (primary N) is 1. The van der Waals surface area contributed by atoms with E-state index >= 15 is 0 Å². The summed E-state index contributed by atoms with van der Waals surface area (Å²) in [5.41, 5.74) is 4.00. The number of nitrogen functional groups attached to an aromatic ring is 1. The molecule has 3 aliphatic rings. The number of hydrogen-bond donors (Lipinski definition) is 4. The van der Waals surface area contributed by atoms with Crippen LogP contribution in [-0.4, -0.2) is 160 Å². The minimum atomic E-state index is -1.26. The van der Waals surface area contributed by atoms with Crippen LogP contribution in [0.15, 0.2) is 10.3 Å². The van der Waals surface area contributed by atoms with Crippen LogP contribution in [-0.2, 0) is 30.6 Å². The summed E-state index contributed by atoms with van der Waals surface area (Å²) in [4.78, 5) is 64.7. The van der Waals surface area contributed by atoms with Crippen molar-refractivity contribution >= 4 is 69.7 Å². The van der Waals surface area contributed by atoms with Gasteiger partial charge in [-0.3, -0.25) is 19.2 Å². The molecule has 0 spiro atoms. The van der Waals surface area contributed by atoms with Gasteiger partial charge in [-0.1, -0.05) is 16.9 Å². The molecule has 0 aromatic carbocycles. The molecule has 5 heterocycles. The smallest absolute Gasteiger partial charge is 0.313 e. The van der Waals surface area contributed by atoms with Gasteiger partial charge < -0.3 is 40.8 Å². The summed E-state index contributed by atoms with van der Waals surface area (Å²) < 4.78 is 5.64. The van der Waals surface area contributed by atoms with Crippen molar-refractivity contribution in [3.63, 3.8) is 0 Å². The number of aryl methyl sites for hydroxylation is 1. The number of nitrogens with zero attached hydrogens (tertiary/aromatic N) is 10. The van der Waals surface area contributed by atoms with Crippen molar-refractivity contribution < 1.29 is 34.2 Å². The number of amides is 2. The lowest BCUT2D eigenvalue weighted by molar-refractivity contribution is -0.157. The third kappa shape index (κ3) is 7.85. The highest BCUT2D eigenvalue weighted by atomic mass is 32.2. The van der Waals surface area contributed by atoms with Crippen LogP contribution >= 0.6 is 35.1 Å². The van der Waals surface area contributed by atoms with Crippen LogP contribution in [0.4, 0.5) is 5.13 Å². The first kappa shape index (κ1) is 33.8. The third-order valence-electron chi connectivity index (χ3n) is 7.73. The number of rotatable bonds is 15. The molecule has 5 rings (SSSR count).